The summed E-state index contributed by atoms with van der Waals surface area (Å²) in [7, 11) is 0. The number of amides is 2. The first-order chi connectivity index (χ1) is 10.9. The van der Waals surface area contributed by atoms with Gasteiger partial charge >= 0.3 is 12.2 Å². The summed E-state index contributed by atoms with van der Waals surface area (Å²) in [5.74, 6) is 0. The summed E-state index contributed by atoms with van der Waals surface area (Å²) in [6.45, 7) is 0.293. The van der Waals surface area contributed by atoms with Crippen LogP contribution in [0.2, 0.25) is 0 Å². The fourth-order valence-corrected chi connectivity index (χ4v) is 3.06. The quantitative estimate of drug-likeness (QED) is 0.747. The number of carbonyl (C=O) groups excluding carboxylic acids is 1. The first-order valence-corrected chi connectivity index (χ1v) is 7.98. The maximum atomic E-state index is 12.4. The van der Waals surface area contributed by atoms with Crippen LogP contribution in [0, 0.1) is 0 Å². The topological polar surface area (TPSA) is 84.2 Å². The Morgan fingerprint density at radius 3 is 2.87 bits per heavy atom. The van der Waals surface area contributed by atoms with Crippen molar-refractivity contribution < 1.29 is 18.0 Å². The SMILES string of the molecule is O=C(NCCc1cn2ccsc2n1)Nc1nnc(C(F)(F)F)s1. The molecule has 0 bridgehead atoms. The van der Waals surface area contributed by atoms with Gasteiger partial charge in [0, 0.05) is 30.7 Å². The molecule has 0 saturated carbocycles. The molecule has 0 saturated heterocycles. The third kappa shape index (κ3) is 3.76. The van der Waals surface area contributed by atoms with Gasteiger partial charge in [-0.1, -0.05) is 11.3 Å². The number of hydrogen-bond donors (Lipinski definition) is 2. The Morgan fingerprint density at radius 2 is 2.17 bits per heavy atom. The average molecular weight is 362 g/mol. The second kappa shape index (κ2) is 6.12. The van der Waals surface area contributed by atoms with Gasteiger partial charge in [-0.05, 0) is 0 Å². The number of fused-ring (bicyclic) bond motifs is 1. The van der Waals surface area contributed by atoms with E-state index in [4.69, 9.17) is 0 Å². The highest BCUT2D eigenvalue weighted by atomic mass is 32.1. The van der Waals surface area contributed by atoms with Crippen molar-refractivity contribution in [3.8, 4) is 0 Å². The standard InChI is InChI=1S/C11H9F3N6OS2/c12-11(13,14)7-18-19-9(23-7)17-8(21)15-2-1-6-5-20-3-4-22-10(20)16-6/h3-5H,1-2H2,(H2,15,17,19,21). The highest BCUT2D eigenvalue weighted by molar-refractivity contribution is 7.15. The first-order valence-electron chi connectivity index (χ1n) is 6.28. The lowest BCUT2D eigenvalue weighted by molar-refractivity contribution is -0.138. The second-order valence-electron chi connectivity index (χ2n) is 4.37. The van der Waals surface area contributed by atoms with Crippen molar-refractivity contribution in [2.75, 3.05) is 11.9 Å². The Kier molecular flexibility index (Phi) is 4.17. The van der Waals surface area contributed by atoms with Crippen molar-refractivity contribution in [3.05, 3.63) is 28.5 Å². The maximum absolute atomic E-state index is 12.4. The minimum absolute atomic E-state index is 0.211. The lowest BCUT2D eigenvalue weighted by atomic mass is 10.3. The maximum Gasteiger partial charge on any atom is 0.445 e. The third-order valence-electron chi connectivity index (χ3n) is 2.70. The molecular weight excluding hydrogens is 353 g/mol. The zero-order valence-corrected chi connectivity index (χ0v) is 12.9. The van der Waals surface area contributed by atoms with Crippen LogP contribution in [0.1, 0.15) is 10.7 Å². The van der Waals surface area contributed by atoms with Gasteiger partial charge < -0.3 is 5.32 Å². The van der Waals surface area contributed by atoms with Crippen LogP contribution in [0.25, 0.3) is 4.96 Å². The zero-order valence-electron chi connectivity index (χ0n) is 11.3. The molecular formula is C11H9F3N6OS2. The van der Waals surface area contributed by atoms with E-state index in [9.17, 15) is 18.0 Å². The van der Waals surface area contributed by atoms with E-state index in [1.54, 1.807) is 0 Å². The van der Waals surface area contributed by atoms with E-state index < -0.39 is 17.2 Å². The summed E-state index contributed by atoms with van der Waals surface area (Å²) in [6.07, 6.45) is -0.329. The van der Waals surface area contributed by atoms with Crippen molar-refractivity contribution in [1.29, 1.82) is 0 Å². The number of anilines is 1. The van der Waals surface area contributed by atoms with E-state index in [1.807, 2.05) is 22.2 Å². The average Bonchev–Trinajstić information content (AvgIpc) is 3.12. The number of nitrogens with zero attached hydrogens (tertiary/aromatic N) is 4. The molecule has 12 heteroatoms. The van der Waals surface area contributed by atoms with Crippen LogP contribution < -0.4 is 10.6 Å². The van der Waals surface area contributed by atoms with Crippen molar-refractivity contribution in [2.24, 2.45) is 0 Å². The lowest BCUT2D eigenvalue weighted by Gasteiger charge is -2.03. The molecule has 0 radical (unpaired) electrons. The van der Waals surface area contributed by atoms with Gasteiger partial charge in [0.25, 0.3) is 0 Å². The highest BCUT2D eigenvalue weighted by Gasteiger charge is 2.35. The van der Waals surface area contributed by atoms with Crippen LogP contribution in [-0.2, 0) is 12.6 Å². The Morgan fingerprint density at radius 1 is 1.35 bits per heavy atom. The van der Waals surface area contributed by atoms with E-state index in [0.717, 1.165) is 10.7 Å². The van der Waals surface area contributed by atoms with Crippen molar-refractivity contribution in [1.82, 2.24) is 24.9 Å². The van der Waals surface area contributed by atoms with Crippen molar-refractivity contribution in [3.63, 3.8) is 0 Å². The molecule has 0 unspecified atom stereocenters. The number of carbonyl (C=O) groups is 1. The molecule has 122 valence electrons. The molecule has 0 aliphatic carbocycles. The monoisotopic (exact) mass is 362 g/mol. The number of alkyl halides is 3. The van der Waals surface area contributed by atoms with Gasteiger partial charge in [-0.2, -0.15) is 13.2 Å². The molecule has 3 rings (SSSR count). The minimum atomic E-state index is -4.57. The summed E-state index contributed by atoms with van der Waals surface area (Å²) in [6, 6.07) is -0.643. The van der Waals surface area contributed by atoms with Crippen LogP contribution in [-0.4, -0.2) is 32.2 Å². The summed E-state index contributed by atoms with van der Waals surface area (Å²) >= 11 is 1.77. The molecule has 2 amide bonds. The van der Waals surface area contributed by atoms with Crippen molar-refractivity contribution in [2.45, 2.75) is 12.6 Å². The lowest BCUT2D eigenvalue weighted by Crippen LogP contribution is -2.30. The number of halogens is 3. The molecule has 23 heavy (non-hydrogen) atoms. The highest BCUT2D eigenvalue weighted by Crippen LogP contribution is 2.32. The predicted molar refractivity (Wildman–Crippen MR) is 78.7 cm³/mol. The largest absolute Gasteiger partial charge is 0.445 e. The number of imidazole rings is 1. The molecule has 3 aromatic heterocycles. The smallest absolute Gasteiger partial charge is 0.337 e. The van der Waals surface area contributed by atoms with E-state index in [2.05, 4.69) is 25.8 Å². The summed E-state index contributed by atoms with van der Waals surface area (Å²) in [5, 5.41) is 11.6. The fourth-order valence-electron chi connectivity index (χ4n) is 1.73. The second-order valence-corrected chi connectivity index (χ2v) is 6.22. The number of rotatable bonds is 4. The Labute approximate surface area is 135 Å². The van der Waals surface area contributed by atoms with Crippen LogP contribution >= 0.6 is 22.7 Å². The Bertz CT molecular complexity index is 795. The molecule has 7 nitrogen and oxygen atoms in total. The zero-order chi connectivity index (χ0) is 16.4. The predicted octanol–water partition coefficient (Wildman–Crippen LogP) is 2.63. The normalized spacial score (nSPS) is 11.8. The molecule has 0 spiro atoms. The number of nitrogens with one attached hydrogen (secondary N) is 2. The van der Waals surface area contributed by atoms with Gasteiger partial charge in [-0.15, -0.1) is 21.5 Å². The molecule has 0 aliphatic rings. The van der Waals surface area contributed by atoms with E-state index in [0.29, 0.717) is 13.0 Å². The molecule has 3 heterocycles. The van der Waals surface area contributed by atoms with Gasteiger partial charge in [-0.3, -0.25) is 9.72 Å². The van der Waals surface area contributed by atoms with E-state index in [-0.39, 0.29) is 16.5 Å². The molecule has 2 N–H and O–H groups in total. The summed E-state index contributed by atoms with van der Waals surface area (Å²) < 4.78 is 39.0. The molecule has 0 aromatic carbocycles. The van der Waals surface area contributed by atoms with Crippen LogP contribution in [0.5, 0.6) is 0 Å². The van der Waals surface area contributed by atoms with Gasteiger partial charge in [0.1, 0.15) is 0 Å². The van der Waals surface area contributed by atoms with Gasteiger partial charge in [0.05, 0.1) is 5.69 Å². The number of hydrogen-bond acceptors (Lipinski definition) is 6. The fraction of sp³-hybridized carbons (Fsp3) is 0.273. The third-order valence-corrected chi connectivity index (χ3v) is 4.35. The molecule has 0 aliphatic heterocycles. The summed E-state index contributed by atoms with van der Waals surface area (Å²) in [4.78, 5) is 16.8. The molecule has 0 atom stereocenters. The first kappa shape index (κ1) is 15.7. The van der Waals surface area contributed by atoms with Gasteiger partial charge in [-0.25, -0.2) is 9.78 Å². The van der Waals surface area contributed by atoms with E-state index in [1.165, 1.54) is 11.3 Å². The molecule has 0 fully saturated rings. The number of aromatic nitrogens is 4. The number of urea groups is 1. The van der Waals surface area contributed by atoms with Crippen LogP contribution in [0.15, 0.2) is 17.8 Å². The van der Waals surface area contributed by atoms with Crippen LogP contribution in [0.4, 0.5) is 23.1 Å². The summed E-state index contributed by atoms with van der Waals surface area (Å²) in [5.41, 5.74) is 0.812. The Hall–Kier alpha value is -2.21. The van der Waals surface area contributed by atoms with Gasteiger partial charge in [0.2, 0.25) is 10.1 Å². The van der Waals surface area contributed by atoms with Crippen LogP contribution in [0.3, 0.4) is 0 Å². The van der Waals surface area contributed by atoms with Gasteiger partial charge in [0.15, 0.2) is 4.96 Å². The van der Waals surface area contributed by atoms with Crippen molar-refractivity contribution >= 4 is 38.8 Å². The Balaban J connectivity index is 1.48. The molecule has 3 aromatic rings. The minimum Gasteiger partial charge on any atom is -0.337 e. The number of thiazole rings is 1. The van der Waals surface area contributed by atoms with E-state index >= 15 is 0 Å².